The van der Waals surface area contributed by atoms with Crippen LogP contribution in [0.4, 0.5) is 5.69 Å². The summed E-state index contributed by atoms with van der Waals surface area (Å²) in [6.07, 6.45) is 0. The maximum atomic E-state index is 11.9. The van der Waals surface area contributed by atoms with E-state index in [2.05, 4.69) is 4.98 Å². The molecule has 0 spiro atoms. The van der Waals surface area contributed by atoms with E-state index in [1.807, 2.05) is 36.4 Å². The molecule has 0 aliphatic rings. The number of fused-ring (bicyclic) bond motifs is 1. The molecule has 0 bridgehead atoms. The summed E-state index contributed by atoms with van der Waals surface area (Å²) in [6, 6.07) is 21.8. The van der Waals surface area contributed by atoms with Gasteiger partial charge in [0.1, 0.15) is 0 Å². The highest BCUT2D eigenvalue weighted by molar-refractivity contribution is 6.31. The van der Waals surface area contributed by atoms with Gasteiger partial charge in [-0.1, -0.05) is 48.0 Å². The topological polar surface area (TPSA) is 74.7 Å². The SMILES string of the molecule is CCOC(=O)c1ccc(N=C(c2ccccc2)c2c(O)[nH]c3cc(Cl)ccc23)cc1. The van der Waals surface area contributed by atoms with E-state index in [4.69, 9.17) is 21.3 Å². The molecule has 1 aromatic heterocycles. The van der Waals surface area contributed by atoms with Crippen LogP contribution in [0.15, 0.2) is 77.8 Å². The summed E-state index contributed by atoms with van der Waals surface area (Å²) in [5.41, 5.74) is 3.86. The summed E-state index contributed by atoms with van der Waals surface area (Å²) < 4.78 is 5.03. The van der Waals surface area contributed by atoms with E-state index in [-0.39, 0.29) is 11.8 Å². The number of carbonyl (C=O) groups excluding carboxylic acids is 1. The van der Waals surface area contributed by atoms with Crippen molar-refractivity contribution in [2.75, 3.05) is 6.61 Å². The number of aromatic nitrogens is 1. The quantitative estimate of drug-likeness (QED) is 0.314. The largest absolute Gasteiger partial charge is 0.494 e. The van der Waals surface area contributed by atoms with Gasteiger partial charge in [-0.05, 0) is 43.3 Å². The smallest absolute Gasteiger partial charge is 0.338 e. The van der Waals surface area contributed by atoms with Crippen molar-refractivity contribution in [2.45, 2.75) is 6.92 Å². The van der Waals surface area contributed by atoms with Gasteiger partial charge in [-0.3, -0.25) is 0 Å². The third kappa shape index (κ3) is 3.93. The van der Waals surface area contributed by atoms with Crippen molar-refractivity contribution >= 4 is 39.9 Å². The van der Waals surface area contributed by atoms with Gasteiger partial charge in [0.2, 0.25) is 0 Å². The van der Waals surface area contributed by atoms with Crippen molar-refractivity contribution in [3.63, 3.8) is 0 Å². The normalized spacial score (nSPS) is 11.6. The first kappa shape index (κ1) is 19.7. The summed E-state index contributed by atoms with van der Waals surface area (Å²) in [6.45, 7) is 2.09. The van der Waals surface area contributed by atoms with Gasteiger partial charge in [-0.2, -0.15) is 0 Å². The Labute approximate surface area is 178 Å². The van der Waals surface area contributed by atoms with Crippen LogP contribution in [-0.2, 0) is 4.74 Å². The molecule has 0 saturated heterocycles. The number of esters is 1. The second-order valence-corrected chi connectivity index (χ2v) is 7.07. The van der Waals surface area contributed by atoms with E-state index >= 15 is 0 Å². The van der Waals surface area contributed by atoms with Crippen LogP contribution in [0.1, 0.15) is 28.4 Å². The average molecular weight is 419 g/mol. The predicted octanol–water partition coefficient (Wildman–Crippen LogP) is 5.87. The number of halogens is 1. The number of ether oxygens (including phenoxy) is 1. The first-order valence-electron chi connectivity index (χ1n) is 9.48. The Hall–Kier alpha value is -3.57. The maximum absolute atomic E-state index is 11.9. The lowest BCUT2D eigenvalue weighted by Crippen LogP contribution is -2.04. The number of benzene rings is 3. The van der Waals surface area contributed by atoms with Crippen LogP contribution in [0.5, 0.6) is 5.88 Å². The van der Waals surface area contributed by atoms with Gasteiger partial charge in [0.15, 0.2) is 5.88 Å². The average Bonchev–Trinajstić information content (AvgIpc) is 3.08. The zero-order valence-electron chi connectivity index (χ0n) is 16.2. The van der Waals surface area contributed by atoms with Crippen molar-refractivity contribution < 1.29 is 14.6 Å². The molecule has 0 amide bonds. The van der Waals surface area contributed by atoms with Gasteiger partial charge in [-0.25, -0.2) is 9.79 Å². The number of aromatic hydroxyl groups is 1. The number of hydrogen-bond donors (Lipinski definition) is 2. The monoisotopic (exact) mass is 418 g/mol. The number of rotatable bonds is 5. The van der Waals surface area contributed by atoms with Crippen LogP contribution in [-0.4, -0.2) is 28.4 Å². The highest BCUT2D eigenvalue weighted by Crippen LogP contribution is 2.32. The third-order valence-electron chi connectivity index (χ3n) is 4.64. The van der Waals surface area contributed by atoms with Crippen LogP contribution in [0.3, 0.4) is 0 Å². The molecule has 5 nitrogen and oxygen atoms in total. The van der Waals surface area contributed by atoms with Gasteiger partial charge in [-0.15, -0.1) is 0 Å². The minimum atomic E-state index is -0.373. The molecule has 2 N–H and O–H groups in total. The first-order valence-corrected chi connectivity index (χ1v) is 9.86. The number of hydrogen-bond acceptors (Lipinski definition) is 4. The van der Waals surface area contributed by atoms with Gasteiger partial charge in [0.05, 0.1) is 34.6 Å². The Balaban J connectivity index is 1.85. The Bertz CT molecular complexity index is 1230. The lowest BCUT2D eigenvalue weighted by Gasteiger charge is -2.08. The molecule has 3 aromatic carbocycles. The molecule has 150 valence electrons. The van der Waals surface area contributed by atoms with E-state index in [9.17, 15) is 9.90 Å². The van der Waals surface area contributed by atoms with E-state index in [1.165, 1.54) is 0 Å². The third-order valence-corrected chi connectivity index (χ3v) is 4.88. The molecule has 4 aromatic rings. The summed E-state index contributed by atoms with van der Waals surface area (Å²) >= 11 is 6.10. The number of aliphatic imine (C=N–C) groups is 1. The van der Waals surface area contributed by atoms with E-state index < -0.39 is 0 Å². The predicted molar refractivity (Wildman–Crippen MR) is 119 cm³/mol. The molecule has 0 fully saturated rings. The van der Waals surface area contributed by atoms with Crippen molar-refractivity contribution in [1.82, 2.24) is 4.98 Å². The number of H-pyrrole nitrogens is 1. The van der Waals surface area contributed by atoms with Gasteiger partial charge in [0.25, 0.3) is 0 Å². The lowest BCUT2D eigenvalue weighted by atomic mass is 10.0. The Kier molecular flexibility index (Phi) is 5.55. The van der Waals surface area contributed by atoms with Crippen LogP contribution in [0.25, 0.3) is 10.9 Å². The maximum Gasteiger partial charge on any atom is 0.338 e. The van der Waals surface area contributed by atoms with E-state index in [1.54, 1.807) is 43.3 Å². The molecule has 0 saturated carbocycles. The molecule has 0 aliphatic carbocycles. The Morgan fingerprint density at radius 1 is 1.03 bits per heavy atom. The minimum Gasteiger partial charge on any atom is -0.494 e. The van der Waals surface area contributed by atoms with Crippen LogP contribution >= 0.6 is 11.6 Å². The van der Waals surface area contributed by atoms with E-state index in [0.717, 1.165) is 16.5 Å². The van der Waals surface area contributed by atoms with Gasteiger partial charge in [0, 0.05) is 16.0 Å². The highest BCUT2D eigenvalue weighted by atomic mass is 35.5. The van der Waals surface area contributed by atoms with Gasteiger partial charge < -0.3 is 14.8 Å². The van der Waals surface area contributed by atoms with Crippen molar-refractivity contribution in [3.05, 3.63) is 94.5 Å². The van der Waals surface area contributed by atoms with Crippen LogP contribution in [0, 0.1) is 0 Å². The molecule has 0 aliphatic heterocycles. The second kappa shape index (κ2) is 8.43. The fraction of sp³-hybridized carbons (Fsp3) is 0.0833. The Morgan fingerprint density at radius 3 is 2.47 bits per heavy atom. The molecule has 1 heterocycles. The number of nitrogens with zero attached hydrogens (tertiary/aromatic N) is 1. The summed E-state index contributed by atoms with van der Waals surface area (Å²) in [5.74, 6) is -0.361. The summed E-state index contributed by atoms with van der Waals surface area (Å²) in [7, 11) is 0. The zero-order chi connectivity index (χ0) is 21.1. The van der Waals surface area contributed by atoms with Crippen LogP contribution in [0.2, 0.25) is 5.02 Å². The van der Waals surface area contributed by atoms with Crippen LogP contribution < -0.4 is 0 Å². The zero-order valence-corrected chi connectivity index (χ0v) is 17.0. The highest BCUT2D eigenvalue weighted by Gasteiger charge is 2.19. The number of nitrogens with one attached hydrogen (secondary N) is 1. The molecule has 6 heteroatoms. The van der Waals surface area contributed by atoms with Gasteiger partial charge >= 0.3 is 5.97 Å². The number of aromatic amines is 1. The minimum absolute atomic E-state index is 0.0120. The second-order valence-electron chi connectivity index (χ2n) is 6.63. The summed E-state index contributed by atoms with van der Waals surface area (Å²) in [4.78, 5) is 19.7. The first-order chi connectivity index (χ1) is 14.6. The molecule has 4 rings (SSSR count). The van der Waals surface area contributed by atoms with Crippen molar-refractivity contribution in [1.29, 1.82) is 0 Å². The lowest BCUT2D eigenvalue weighted by molar-refractivity contribution is 0.0526. The fourth-order valence-corrected chi connectivity index (χ4v) is 3.44. The molecule has 30 heavy (non-hydrogen) atoms. The molecular weight excluding hydrogens is 400 g/mol. The molecule has 0 atom stereocenters. The molecule has 0 radical (unpaired) electrons. The Morgan fingerprint density at radius 2 is 1.77 bits per heavy atom. The number of carbonyl (C=O) groups is 1. The standard InChI is InChI=1S/C24H19ClN2O3/c1-2-30-24(29)16-8-11-18(12-9-16)26-22(15-6-4-3-5-7-15)21-19-13-10-17(25)14-20(19)27-23(21)28/h3-14,27-28H,2H2,1H3. The van der Waals surface area contributed by atoms with Crippen molar-refractivity contribution in [3.8, 4) is 5.88 Å². The molecular formula is C24H19ClN2O3. The summed E-state index contributed by atoms with van der Waals surface area (Å²) in [5, 5.41) is 12.1. The molecule has 0 unspecified atom stereocenters. The van der Waals surface area contributed by atoms with E-state index in [0.29, 0.717) is 34.2 Å². The fourth-order valence-electron chi connectivity index (χ4n) is 3.27. The van der Waals surface area contributed by atoms with Crippen molar-refractivity contribution in [2.24, 2.45) is 4.99 Å².